The quantitative estimate of drug-likeness (QED) is 0.730. The predicted molar refractivity (Wildman–Crippen MR) is 121 cm³/mol. The normalized spacial score (nSPS) is 23.1. The van der Waals surface area contributed by atoms with E-state index < -0.39 is 11.5 Å². The molecule has 3 rings (SSSR count). The second-order valence-electron chi connectivity index (χ2n) is 8.08. The highest BCUT2D eigenvalue weighted by molar-refractivity contribution is 5.96. The second kappa shape index (κ2) is 9.34. The number of aryl methyl sites for hydroxylation is 2. The van der Waals surface area contributed by atoms with Gasteiger partial charge in [-0.15, -0.1) is 0 Å². The van der Waals surface area contributed by atoms with Crippen molar-refractivity contribution in [2.75, 3.05) is 19.6 Å². The summed E-state index contributed by atoms with van der Waals surface area (Å²) in [6.07, 6.45) is 7.81. The average molecular weight is 390 g/mol. The van der Waals surface area contributed by atoms with E-state index in [0.29, 0.717) is 13.0 Å². The van der Waals surface area contributed by atoms with E-state index in [0.717, 1.165) is 29.8 Å². The standard InChI is InChI=1S/C26H31NO2/c1-4-27-16-15-26(29,14-13-23-10-6-8-21(3)18-23)24(19-27)25(28)12-11-22-9-5-7-20(2)17-22/h5-14,17-18,24,29H,4,15-16,19H2,1-3H3/b12-11+,14-13+/t24-,26-/m0/s1. The van der Waals surface area contributed by atoms with Gasteiger partial charge >= 0.3 is 0 Å². The van der Waals surface area contributed by atoms with Crippen molar-refractivity contribution in [3.8, 4) is 0 Å². The smallest absolute Gasteiger partial charge is 0.163 e. The van der Waals surface area contributed by atoms with Crippen LogP contribution < -0.4 is 0 Å². The van der Waals surface area contributed by atoms with Gasteiger partial charge in [-0.2, -0.15) is 0 Å². The van der Waals surface area contributed by atoms with Gasteiger partial charge < -0.3 is 10.0 Å². The molecule has 1 fully saturated rings. The van der Waals surface area contributed by atoms with Crippen molar-refractivity contribution in [2.24, 2.45) is 5.92 Å². The van der Waals surface area contributed by atoms with Gasteiger partial charge in [0.2, 0.25) is 0 Å². The number of carbonyl (C=O) groups is 1. The molecule has 1 aliphatic heterocycles. The lowest BCUT2D eigenvalue weighted by molar-refractivity contribution is -0.129. The Morgan fingerprint density at radius 3 is 2.31 bits per heavy atom. The van der Waals surface area contributed by atoms with E-state index in [2.05, 4.69) is 17.9 Å². The summed E-state index contributed by atoms with van der Waals surface area (Å²) in [7, 11) is 0. The number of hydrogen-bond acceptors (Lipinski definition) is 3. The van der Waals surface area contributed by atoms with Crippen LogP contribution in [0.1, 0.15) is 35.6 Å². The summed E-state index contributed by atoms with van der Waals surface area (Å²) in [4.78, 5) is 15.3. The molecular formula is C26H31NO2. The Morgan fingerprint density at radius 2 is 1.72 bits per heavy atom. The third-order valence-corrected chi connectivity index (χ3v) is 5.75. The molecule has 0 unspecified atom stereocenters. The SMILES string of the molecule is CCN1CC[C@@](O)(/C=C/c2cccc(C)c2)[C@H](C(=O)/C=C/c2cccc(C)c2)C1. The van der Waals surface area contributed by atoms with Crippen molar-refractivity contribution in [1.29, 1.82) is 0 Å². The van der Waals surface area contributed by atoms with Gasteiger partial charge in [0.15, 0.2) is 5.78 Å². The lowest BCUT2D eigenvalue weighted by Gasteiger charge is -2.41. The first-order chi connectivity index (χ1) is 13.9. The number of nitrogens with zero attached hydrogens (tertiary/aromatic N) is 1. The number of allylic oxidation sites excluding steroid dienone is 1. The topological polar surface area (TPSA) is 40.5 Å². The molecule has 0 amide bonds. The zero-order chi connectivity index (χ0) is 20.9. The maximum Gasteiger partial charge on any atom is 0.163 e. The van der Waals surface area contributed by atoms with Gasteiger partial charge in [-0.05, 0) is 44.0 Å². The summed E-state index contributed by atoms with van der Waals surface area (Å²) in [6.45, 7) is 8.42. The van der Waals surface area contributed by atoms with E-state index >= 15 is 0 Å². The van der Waals surface area contributed by atoms with E-state index in [1.807, 2.05) is 74.5 Å². The van der Waals surface area contributed by atoms with E-state index in [4.69, 9.17) is 0 Å². The molecule has 1 aliphatic rings. The Bertz CT molecular complexity index is 914. The molecule has 152 valence electrons. The Morgan fingerprint density at radius 1 is 1.10 bits per heavy atom. The summed E-state index contributed by atoms with van der Waals surface area (Å²) >= 11 is 0. The molecule has 0 aromatic heterocycles. The van der Waals surface area contributed by atoms with Crippen LogP contribution in [0.2, 0.25) is 0 Å². The van der Waals surface area contributed by atoms with Crippen LogP contribution in [0.4, 0.5) is 0 Å². The largest absolute Gasteiger partial charge is 0.385 e. The Kier molecular flexibility index (Phi) is 6.83. The number of aliphatic hydroxyl groups is 1. The van der Waals surface area contributed by atoms with Crippen LogP contribution in [0, 0.1) is 19.8 Å². The van der Waals surface area contributed by atoms with E-state index in [1.54, 1.807) is 6.08 Å². The van der Waals surface area contributed by atoms with Crippen LogP contribution in [0.5, 0.6) is 0 Å². The molecule has 2 aromatic rings. The monoisotopic (exact) mass is 389 g/mol. The maximum absolute atomic E-state index is 13.1. The van der Waals surface area contributed by atoms with Crippen LogP contribution in [0.25, 0.3) is 12.2 Å². The van der Waals surface area contributed by atoms with Crippen molar-refractivity contribution >= 4 is 17.9 Å². The fourth-order valence-corrected chi connectivity index (χ4v) is 3.92. The molecule has 3 heteroatoms. The van der Waals surface area contributed by atoms with Crippen molar-refractivity contribution in [3.05, 3.63) is 82.9 Å². The van der Waals surface area contributed by atoms with Gasteiger partial charge in [0.25, 0.3) is 0 Å². The minimum absolute atomic E-state index is 0.0268. The molecule has 0 radical (unpaired) electrons. The number of carbonyl (C=O) groups excluding carboxylic acids is 1. The number of hydrogen-bond donors (Lipinski definition) is 1. The summed E-state index contributed by atoms with van der Waals surface area (Å²) in [5.41, 5.74) is 3.24. The molecule has 0 saturated carbocycles. The van der Waals surface area contributed by atoms with Crippen molar-refractivity contribution in [1.82, 2.24) is 4.90 Å². The summed E-state index contributed by atoms with van der Waals surface area (Å²) in [5.74, 6) is -0.501. The molecule has 1 saturated heterocycles. The summed E-state index contributed by atoms with van der Waals surface area (Å²) in [6, 6.07) is 16.2. The molecule has 0 bridgehead atoms. The fraction of sp³-hybridized carbons (Fsp3) is 0.346. The number of ketones is 1. The predicted octanol–water partition coefficient (Wildman–Crippen LogP) is 4.67. The zero-order valence-electron chi connectivity index (χ0n) is 17.6. The van der Waals surface area contributed by atoms with Crippen LogP contribution in [-0.2, 0) is 4.79 Å². The van der Waals surface area contributed by atoms with E-state index in [-0.39, 0.29) is 5.78 Å². The lowest BCUT2D eigenvalue weighted by Crippen LogP contribution is -2.53. The van der Waals surface area contributed by atoms with Crippen LogP contribution in [0.3, 0.4) is 0 Å². The van der Waals surface area contributed by atoms with Gasteiger partial charge in [-0.25, -0.2) is 0 Å². The molecule has 1 heterocycles. The highest BCUT2D eigenvalue weighted by Gasteiger charge is 2.42. The minimum atomic E-state index is -1.14. The van der Waals surface area contributed by atoms with Crippen molar-refractivity contribution < 1.29 is 9.90 Å². The van der Waals surface area contributed by atoms with E-state index in [9.17, 15) is 9.90 Å². The molecule has 0 aliphatic carbocycles. The first-order valence-electron chi connectivity index (χ1n) is 10.4. The third-order valence-electron chi connectivity index (χ3n) is 5.75. The van der Waals surface area contributed by atoms with Crippen molar-refractivity contribution in [3.63, 3.8) is 0 Å². The van der Waals surface area contributed by atoms with Crippen LogP contribution in [0.15, 0.2) is 60.7 Å². The van der Waals surface area contributed by atoms with E-state index in [1.165, 1.54) is 5.56 Å². The molecule has 2 aromatic carbocycles. The molecule has 3 nitrogen and oxygen atoms in total. The van der Waals surface area contributed by atoms with Gasteiger partial charge in [0.1, 0.15) is 0 Å². The Balaban J connectivity index is 1.83. The Labute approximate surface area is 174 Å². The molecule has 1 N–H and O–H groups in total. The highest BCUT2D eigenvalue weighted by Crippen LogP contribution is 2.31. The lowest BCUT2D eigenvalue weighted by atomic mass is 9.77. The van der Waals surface area contributed by atoms with Gasteiger partial charge in [0, 0.05) is 13.1 Å². The fourth-order valence-electron chi connectivity index (χ4n) is 3.92. The number of benzene rings is 2. The molecule has 2 atom stereocenters. The average Bonchev–Trinajstić information content (AvgIpc) is 2.71. The van der Waals surface area contributed by atoms with Gasteiger partial charge in [-0.3, -0.25) is 4.79 Å². The number of piperidine rings is 1. The second-order valence-corrected chi connectivity index (χ2v) is 8.08. The number of likely N-dealkylation sites (tertiary alicyclic amines) is 1. The first-order valence-corrected chi connectivity index (χ1v) is 10.4. The van der Waals surface area contributed by atoms with Gasteiger partial charge in [-0.1, -0.05) is 84.8 Å². The maximum atomic E-state index is 13.1. The van der Waals surface area contributed by atoms with Gasteiger partial charge in [0.05, 0.1) is 11.5 Å². The molecular weight excluding hydrogens is 358 g/mol. The summed E-state index contributed by atoms with van der Waals surface area (Å²) < 4.78 is 0. The summed E-state index contributed by atoms with van der Waals surface area (Å²) in [5, 5.41) is 11.4. The minimum Gasteiger partial charge on any atom is -0.385 e. The Hall–Kier alpha value is -2.49. The third kappa shape index (κ3) is 5.53. The van der Waals surface area contributed by atoms with Crippen molar-refractivity contribution in [2.45, 2.75) is 32.8 Å². The van der Waals surface area contributed by atoms with Crippen LogP contribution >= 0.6 is 0 Å². The molecule has 0 spiro atoms. The zero-order valence-corrected chi connectivity index (χ0v) is 17.6. The highest BCUT2D eigenvalue weighted by atomic mass is 16.3. The van der Waals surface area contributed by atoms with Crippen LogP contribution in [-0.4, -0.2) is 41.0 Å². The first kappa shape index (κ1) is 21.2. The molecule has 29 heavy (non-hydrogen) atoms. The number of rotatable bonds is 6.